The van der Waals surface area contributed by atoms with Crippen LogP contribution in [-0.2, 0) is 20.2 Å². The zero-order valence-electron chi connectivity index (χ0n) is 15.3. The van der Waals surface area contributed by atoms with E-state index in [4.69, 9.17) is 4.74 Å². The van der Waals surface area contributed by atoms with E-state index in [2.05, 4.69) is 29.2 Å². The molecular weight excluding hydrogens is 348 g/mol. The average Bonchev–Trinajstić information content (AvgIpc) is 3.49. The normalized spacial score (nSPS) is 29.8. The van der Waals surface area contributed by atoms with Crippen LogP contribution >= 0.6 is 0 Å². The molecule has 1 aromatic rings. The summed E-state index contributed by atoms with van der Waals surface area (Å²) < 4.78 is 32.6. The lowest BCUT2D eigenvalue weighted by atomic mass is 9.74. The molecule has 2 saturated heterocycles. The molecule has 1 saturated carbocycles. The molecule has 0 radical (unpaired) electrons. The van der Waals surface area contributed by atoms with Gasteiger partial charge in [-0.1, -0.05) is 24.3 Å². The second kappa shape index (κ2) is 6.30. The Kier molecular flexibility index (Phi) is 4.16. The molecule has 0 amide bonds. The van der Waals surface area contributed by atoms with E-state index in [0.29, 0.717) is 19.1 Å². The topological polar surface area (TPSA) is 49.9 Å². The summed E-state index contributed by atoms with van der Waals surface area (Å²) >= 11 is 0. The van der Waals surface area contributed by atoms with Crippen molar-refractivity contribution in [3.63, 3.8) is 0 Å². The number of hydrogen-bond acceptors (Lipinski definition) is 4. The molecule has 2 aliphatic heterocycles. The van der Waals surface area contributed by atoms with Crippen molar-refractivity contribution in [1.82, 2.24) is 9.21 Å². The number of hydrogen-bond donors (Lipinski definition) is 0. The van der Waals surface area contributed by atoms with Gasteiger partial charge in [-0.15, -0.1) is 0 Å². The Hall–Kier alpha value is -0.950. The van der Waals surface area contributed by atoms with E-state index in [-0.39, 0.29) is 10.7 Å². The Bertz CT molecular complexity index is 776. The molecular formula is C20H28N2O3S. The Morgan fingerprint density at radius 2 is 1.69 bits per heavy atom. The molecule has 0 bridgehead atoms. The maximum absolute atomic E-state index is 12.6. The van der Waals surface area contributed by atoms with Gasteiger partial charge in [0.2, 0.25) is 10.0 Å². The fourth-order valence-corrected chi connectivity index (χ4v) is 7.14. The Morgan fingerprint density at radius 1 is 1.00 bits per heavy atom. The summed E-state index contributed by atoms with van der Waals surface area (Å²) in [6.07, 6.45) is 4.75. The van der Waals surface area contributed by atoms with Crippen LogP contribution in [0.15, 0.2) is 24.3 Å². The van der Waals surface area contributed by atoms with Crippen LogP contribution in [0.5, 0.6) is 0 Å². The highest BCUT2D eigenvalue weighted by atomic mass is 32.2. The number of ether oxygens (including phenoxy) is 1. The van der Waals surface area contributed by atoms with Gasteiger partial charge in [-0.25, -0.2) is 12.7 Å². The smallest absolute Gasteiger partial charge is 0.216 e. The standard InChI is InChI=1S/C20H28N2O3S/c23-26(24,16-5-6-16)22-9-7-20(8-10-22)15-19(21-11-13-25-14-12-21)17-3-1-2-4-18(17)20/h1-4,16,19H,5-15H2/t19-/m0/s1. The lowest BCUT2D eigenvalue weighted by Gasteiger charge is -2.40. The summed E-state index contributed by atoms with van der Waals surface area (Å²) in [6, 6.07) is 9.34. The minimum atomic E-state index is -3.04. The highest BCUT2D eigenvalue weighted by molar-refractivity contribution is 7.90. The van der Waals surface area contributed by atoms with Crippen LogP contribution in [0.4, 0.5) is 0 Å². The van der Waals surface area contributed by atoms with Crippen molar-refractivity contribution in [2.24, 2.45) is 0 Å². The number of nitrogens with zero attached hydrogens (tertiary/aromatic N) is 2. The van der Waals surface area contributed by atoms with E-state index in [0.717, 1.165) is 58.4 Å². The van der Waals surface area contributed by atoms with Crippen molar-refractivity contribution in [3.05, 3.63) is 35.4 Å². The zero-order chi connectivity index (χ0) is 17.8. The van der Waals surface area contributed by atoms with Gasteiger partial charge in [0.05, 0.1) is 18.5 Å². The van der Waals surface area contributed by atoms with Gasteiger partial charge in [-0.05, 0) is 48.6 Å². The second-order valence-electron chi connectivity index (χ2n) is 8.38. The van der Waals surface area contributed by atoms with Crippen LogP contribution in [0, 0.1) is 0 Å². The number of morpholine rings is 1. The first-order valence-corrected chi connectivity index (χ1v) is 11.5. The number of fused-ring (bicyclic) bond motifs is 2. The van der Waals surface area contributed by atoms with Crippen LogP contribution in [0.2, 0.25) is 0 Å². The number of rotatable bonds is 3. The summed E-state index contributed by atoms with van der Waals surface area (Å²) in [6.45, 7) is 5.00. The first kappa shape index (κ1) is 17.2. The first-order chi connectivity index (χ1) is 12.6. The molecule has 142 valence electrons. The lowest BCUT2D eigenvalue weighted by Crippen LogP contribution is -2.46. The SMILES string of the molecule is O=S(=O)(C1CC1)N1CCC2(CC1)C[C@H](N1CCOCC1)c1ccccc12. The molecule has 0 unspecified atom stereocenters. The Balaban J connectivity index is 1.39. The van der Waals surface area contributed by atoms with E-state index in [1.807, 2.05) is 0 Å². The fourth-order valence-electron chi connectivity index (χ4n) is 5.29. The second-order valence-corrected chi connectivity index (χ2v) is 10.6. The summed E-state index contributed by atoms with van der Waals surface area (Å²) in [4.78, 5) is 2.57. The van der Waals surface area contributed by atoms with Gasteiger partial charge in [0.25, 0.3) is 0 Å². The highest BCUT2D eigenvalue weighted by Gasteiger charge is 2.49. The van der Waals surface area contributed by atoms with Crippen LogP contribution in [0.25, 0.3) is 0 Å². The van der Waals surface area contributed by atoms with Crippen LogP contribution < -0.4 is 0 Å². The van der Waals surface area contributed by atoms with E-state index in [1.54, 1.807) is 4.31 Å². The Labute approximate surface area is 156 Å². The third kappa shape index (κ3) is 2.73. The van der Waals surface area contributed by atoms with Crippen molar-refractivity contribution in [1.29, 1.82) is 0 Å². The first-order valence-electron chi connectivity index (χ1n) is 10.0. The summed E-state index contributed by atoms with van der Waals surface area (Å²) in [5.41, 5.74) is 3.09. The van der Waals surface area contributed by atoms with Crippen molar-refractivity contribution in [3.8, 4) is 0 Å². The molecule has 3 fully saturated rings. The molecule has 1 atom stereocenters. The molecule has 4 aliphatic rings. The molecule has 1 spiro atoms. The summed E-state index contributed by atoms with van der Waals surface area (Å²) in [5, 5.41) is -0.0893. The van der Waals surface area contributed by atoms with Crippen LogP contribution in [0.3, 0.4) is 0 Å². The third-order valence-electron chi connectivity index (χ3n) is 6.95. The zero-order valence-corrected chi connectivity index (χ0v) is 16.1. The third-order valence-corrected chi connectivity index (χ3v) is 9.35. The van der Waals surface area contributed by atoms with Crippen molar-refractivity contribution in [2.75, 3.05) is 39.4 Å². The Morgan fingerprint density at radius 3 is 2.38 bits per heavy atom. The minimum Gasteiger partial charge on any atom is -0.379 e. The van der Waals surface area contributed by atoms with Crippen LogP contribution in [0.1, 0.15) is 49.3 Å². The molecule has 0 N–H and O–H groups in total. The lowest BCUT2D eigenvalue weighted by molar-refractivity contribution is 0.0114. The van der Waals surface area contributed by atoms with Crippen molar-refractivity contribution < 1.29 is 13.2 Å². The number of piperidine rings is 1. The van der Waals surface area contributed by atoms with Gasteiger partial charge in [-0.2, -0.15) is 0 Å². The molecule has 26 heavy (non-hydrogen) atoms. The van der Waals surface area contributed by atoms with Gasteiger partial charge < -0.3 is 4.74 Å². The fraction of sp³-hybridized carbons (Fsp3) is 0.700. The van der Waals surface area contributed by atoms with E-state index < -0.39 is 10.0 Å². The van der Waals surface area contributed by atoms with E-state index >= 15 is 0 Å². The highest BCUT2D eigenvalue weighted by Crippen LogP contribution is 2.53. The molecule has 5 rings (SSSR count). The van der Waals surface area contributed by atoms with Crippen molar-refractivity contribution >= 4 is 10.0 Å². The molecule has 2 heterocycles. The maximum atomic E-state index is 12.6. The average molecular weight is 377 g/mol. The maximum Gasteiger partial charge on any atom is 0.216 e. The predicted octanol–water partition coefficient (Wildman–Crippen LogP) is 2.29. The van der Waals surface area contributed by atoms with Gasteiger partial charge >= 0.3 is 0 Å². The molecule has 5 nitrogen and oxygen atoms in total. The molecule has 1 aromatic carbocycles. The minimum absolute atomic E-state index is 0.0893. The molecule has 2 aliphatic carbocycles. The summed E-state index contributed by atoms with van der Waals surface area (Å²) in [5.74, 6) is 0. The monoisotopic (exact) mass is 376 g/mol. The van der Waals surface area contributed by atoms with Crippen molar-refractivity contribution in [2.45, 2.75) is 48.8 Å². The number of benzene rings is 1. The largest absolute Gasteiger partial charge is 0.379 e. The summed E-state index contributed by atoms with van der Waals surface area (Å²) in [7, 11) is -3.04. The number of sulfonamides is 1. The van der Waals surface area contributed by atoms with Crippen LogP contribution in [-0.4, -0.2) is 62.3 Å². The van der Waals surface area contributed by atoms with Gasteiger partial charge in [0.15, 0.2) is 0 Å². The van der Waals surface area contributed by atoms with Gasteiger partial charge in [0.1, 0.15) is 0 Å². The quantitative estimate of drug-likeness (QED) is 0.812. The van der Waals surface area contributed by atoms with E-state index in [9.17, 15) is 8.42 Å². The predicted molar refractivity (Wildman–Crippen MR) is 101 cm³/mol. The molecule has 0 aromatic heterocycles. The van der Waals surface area contributed by atoms with E-state index in [1.165, 1.54) is 11.1 Å². The van der Waals surface area contributed by atoms with Gasteiger partial charge in [-0.3, -0.25) is 4.90 Å². The molecule has 6 heteroatoms. The van der Waals surface area contributed by atoms with Gasteiger partial charge in [0, 0.05) is 32.2 Å².